The summed E-state index contributed by atoms with van der Waals surface area (Å²) in [6.07, 6.45) is 2.57. The van der Waals surface area contributed by atoms with Gasteiger partial charge in [-0.15, -0.1) is 10.2 Å². The van der Waals surface area contributed by atoms with Crippen LogP contribution in [0.15, 0.2) is 22.8 Å². The highest BCUT2D eigenvalue weighted by molar-refractivity contribution is 7.14. The average Bonchev–Trinajstić information content (AvgIpc) is 2.75. The molecule has 0 radical (unpaired) electrons. The second kappa shape index (κ2) is 3.06. The van der Waals surface area contributed by atoms with Gasteiger partial charge in [0.25, 0.3) is 0 Å². The molecule has 4 heteroatoms. The van der Waals surface area contributed by atoms with Gasteiger partial charge in [-0.2, -0.15) is 0 Å². The summed E-state index contributed by atoms with van der Waals surface area (Å²) in [6.45, 7) is 2.06. The minimum atomic E-state index is 0.798. The Labute approximate surface area is 74.1 Å². The van der Waals surface area contributed by atoms with Gasteiger partial charge in [0, 0.05) is 0 Å². The minimum Gasteiger partial charge on any atom is -0.462 e. The summed E-state index contributed by atoms with van der Waals surface area (Å²) in [6, 6.07) is 3.74. The Kier molecular flexibility index (Phi) is 1.91. The van der Waals surface area contributed by atoms with Gasteiger partial charge in [0.15, 0.2) is 10.8 Å². The van der Waals surface area contributed by atoms with Crippen molar-refractivity contribution in [3.8, 4) is 10.8 Å². The SMILES string of the molecule is CCc1nnc(-c2ccco2)s1. The predicted octanol–water partition coefficient (Wildman–Crippen LogP) is 2.36. The highest BCUT2D eigenvalue weighted by Gasteiger charge is 2.06. The number of aryl methyl sites for hydroxylation is 1. The standard InChI is InChI=1S/C8H8N2OS/c1-2-7-9-10-8(12-7)6-4-3-5-11-6/h3-5H,2H2,1H3. The van der Waals surface area contributed by atoms with E-state index in [0.717, 1.165) is 22.2 Å². The normalized spacial score (nSPS) is 10.4. The highest BCUT2D eigenvalue weighted by Crippen LogP contribution is 2.23. The third kappa shape index (κ3) is 1.25. The summed E-state index contributed by atoms with van der Waals surface area (Å²) in [7, 11) is 0. The molecular weight excluding hydrogens is 172 g/mol. The molecule has 2 heterocycles. The summed E-state index contributed by atoms with van der Waals surface area (Å²) >= 11 is 1.57. The topological polar surface area (TPSA) is 38.9 Å². The Morgan fingerprint density at radius 3 is 3.00 bits per heavy atom. The zero-order chi connectivity index (χ0) is 8.39. The maximum Gasteiger partial charge on any atom is 0.183 e. The zero-order valence-corrected chi connectivity index (χ0v) is 7.47. The van der Waals surface area contributed by atoms with Crippen molar-refractivity contribution in [1.82, 2.24) is 10.2 Å². The monoisotopic (exact) mass is 180 g/mol. The van der Waals surface area contributed by atoms with Crippen LogP contribution in [0.2, 0.25) is 0 Å². The molecule has 0 spiro atoms. The summed E-state index contributed by atoms with van der Waals surface area (Å²) in [5.74, 6) is 0.798. The van der Waals surface area contributed by atoms with E-state index in [0.29, 0.717) is 0 Å². The number of hydrogen-bond acceptors (Lipinski definition) is 4. The van der Waals surface area contributed by atoms with Gasteiger partial charge in [0.1, 0.15) is 5.01 Å². The zero-order valence-electron chi connectivity index (χ0n) is 6.65. The lowest BCUT2D eigenvalue weighted by Crippen LogP contribution is -1.75. The molecule has 0 saturated heterocycles. The van der Waals surface area contributed by atoms with Crippen LogP contribution >= 0.6 is 11.3 Å². The van der Waals surface area contributed by atoms with E-state index in [1.54, 1.807) is 17.6 Å². The first kappa shape index (κ1) is 7.49. The lowest BCUT2D eigenvalue weighted by Gasteiger charge is -1.83. The molecule has 0 atom stereocenters. The van der Waals surface area contributed by atoms with E-state index < -0.39 is 0 Å². The van der Waals surface area contributed by atoms with Crippen molar-refractivity contribution in [3.63, 3.8) is 0 Å². The fourth-order valence-corrected chi connectivity index (χ4v) is 1.64. The molecule has 0 aliphatic rings. The largest absolute Gasteiger partial charge is 0.462 e. The fraction of sp³-hybridized carbons (Fsp3) is 0.250. The number of hydrogen-bond donors (Lipinski definition) is 0. The van der Waals surface area contributed by atoms with Gasteiger partial charge in [-0.05, 0) is 18.6 Å². The van der Waals surface area contributed by atoms with Crippen molar-refractivity contribution in [2.75, 3.05) is 0 Å². The Balaban J connectivity index is 2.35. The molecule has 0 aliphatic carbocycles. The molecule has 3 nitrogen and oxygen atoms in total. The van der Waals surface area contributed by atoms with E-state index in [4.69, 9.17) is 4.42 Å². The van der Waals surface area contributed by atoms with Crippen molar-refractivity contribution in [2.45, 2.75) is 13.3 Å². The second-order valence-electron chi connectivity index (χ2n) is 2.33. The third-order valence-corrected chi connectivity index (χ3v) is 2.58. The third-order valence-electron chi connectivity index (χ3n) is 1.50. The molecular formula is C8H8N2OS. The summed E-state index contributed by atoms with van der Waals surface area (Å²) in [4.78, 5) is 0. The lowest BCUT2D eigenvalue weighted by atomic mass is 10.5. The van der Waals surface area contributed by atoms with Crippen LogP contribution in [0.25, 0.3) is 10.8 Å². The number of nitrogens with zero attached hydrogens (tertiary/aromatic N) is 2. The Morgan fingerprint density at radius 2 is 2.42 bits per heavy atom. The second-order valence-corrected chi connectivity index (χ2v) is 3.39. The van der Waals surface area contributed by atoms with E-state index in [9.17, 15) is 0 Å². The molecule has 0 aliphatic heterocycles. The summed E-state index contributed by atoms with van der Waals surface area (Å²) in [5, 5.41) is 9.90. The Bertz CT molecular complexity index is 353. The maximum atomic E-state index is 5.19. The van der Waals surface area contributed by atoms with Gasteiger partial charge < -0.3 is 4.42 Å². The maximum absolute atomic E-state index is 5.19. The molecule has 2 rings (SSSR count). The highest BCUT2D eigenvalue weighted by atomic mass is 32.1. The smallest absolute Gasteiger partial charge is 0.183 e. The van der Waals surface area contributed by atoms with Crippen LogP contribution < -0.4 is 0 Å². The molecule has 62 valence electrons. The Morgan fingerprint density at radius 1 is 1.50 bits per heavy atom. The molecule has 0 saturated carbocycles. The fourth-order valence-electron chi connectivity index (χ4n) is 0.896. The van der Waals surface area contributed by atoms with Crippen LogP contribution in [0.4, 0.5) is 0 Å². The molecule has 0 unspecified atom stereocenters. The first-order valence-corrected chi connectivity index (χ1v) is 4.58. The van der Waals surface area contributed by atoms with Crippen molar-refractivity contribution in [2.24, 2.45) is 0 Å². The minimum absolute atomic E-state index is 0.798. The molecule has 0 fully saturated rings. The van der Waals surface area contributed by atoms with Crippen LogP contribution in [0.5, 0.6) is 0 Å². The Hall–Kier alpha value is -1.16. The van der Waals surface area contributed by atoms with Gasteiger partial charge in [-0.1, -0.05) is 18.3 Å². The first-order chi connectivity index (χ1) is 5.90. The average molecular weight is 180 g/mol. The van der Waals surface area contributed by atoms with Gasteiger partial charge in [-0.25, -0.2) is 0 Å². The molecule has 2 aromatic heterocycles. The van der Waals surface area contributed by atoms with E-state index >= 15 is 0 Å². The molecule has 0 bridgehead atoms. The van der Waals surface area contributed by atoms with Crippen LogP contribution in [-0.2, 0) is 6.42 Å². The molecule has 0 amide bonds. The molecule has 2 aromatic rings. The molecule has 0 aromatic carbocycles. The van der Waals surface area contributed by atoms with Gasteiger partial charge in [-0.3, -0.25) is 0 Å². The van der Waals surface area contributed by atoms with Crippen LogP contribution in [0, 0.1) is 0 Å². The summed E-state index contributed by atoms with van der Waals surface area (Å²) in [5.41, 5.74) is 0. The van der Waals surface area contributed by atoms with E-state index in [-0.39, 0.29) is 0 Å². The van der Waals surface area contributed by atoms with E-state index in [1.165, 1.54) is 0 Å². The molecule has 0 N–H and O–H groups in total. The van der Waals surface area contributed by atoms with Crippen LogP contribution in [0.1, 0.15) is 11.9 Å². The van der Waals surface area contributed by atoms with E-state index in [2.05, 4.69) is 17.1 Å². The number of furan rings is 1. The van der Waals surface area contributed by atoms with Gasteiger partial charge in [0.05, 0.1) is 6.26 Å². The number of rotatable bonds is 2. The van der Waals surface area contributed by atoms with Crippen LogP contribution in [-0.4, -0.2) is 10.2 Å². The van der Waals surface area contributed by atoms with E-state index in [1.807, 2.05) is 12.1 Å². The lowest BCUT2D eigenvalue weighted by molar-refractivity contribution is 0.581. The van der Waals surface area contributed by atoms with Crippen molar-refractivity contribution in [1.29, 1.82) is 0 Å². The quantitative estimate of drug-likeness (QED) is 0.712. The van der Waals surface area contributed by atoms with Crippen molar-refractivity contribution < 1.29 is 4.42 Å². The van der Waals surface area contributed by atoms with Crippen LogP contribution in [0.3, 0.4) is 0 Å². The van der Waals surface area contributed by atoms with Gasteiger partial charge >= 0.3 is 0 Å². The van der Waals surface area contributed by atoms with Gasteiger partial charge in [0.2, 0.25) is 0 Å². The predicted molar refractivity (Wildman–Crippen MR) is 47.0 cm³/mol. The van der Waals surface area contributed by atoms with Crippen molar-refractivity contribution in [3.05, 3.63) is 23.4 Å². The molecule has 12 heavy (non-hydrogen) atoms. The first-order valence-electron chi connectivity index (χ1n) is 3.76. The summed E-state index contributed by atoms with van der Waals surface area (Å²) < 4.78 is 5.19. The number of aromatic nitrogens is 2. The van der Waals surface area contributed by atoms with Crippen molar-refractivity contribution >= 4 is 11.3 Å².